The van der Waals surface area contributed by atoms with Gasteiger partial charge in [-0.3, -0.25) is 4.57 Å². The molecule has 84 valence electrons. The molecule has 0 aliphatic carbocycles. The highest BCUT2D eigenvalue weighted by Crippen LogP contribution is 2.33. The lowest BCUT2D eigenvalue weighted by Gasteiger charge is -2.38. The molecule has 0 unspecified atom stereocenters. The zero-order chi connectivity index (χ0) is 11.3. The standard InChI is InChI=1S/C12H13NO3/c1-12(6-15-7-12)8-3-4-9-10(5-8)16-11(14)13(9)2/h3-5H,6-7H2,1-2H3. The Morgan fingerprint density at radius 3 is 2.75 bits per heavy atom. The molecule has 2 aromatic rings. The average molecular weight is 219 g/mol. The van der Waals surface area contributed by atoms with E-state index < -0.39 is 0 Å². The van der Waals surface area contributed by atoms with Gasteiger partial charge in [0.1, 0.15) is 0 Å². The molecular weight excluding hydrogens is 206 g/mol. The molecule has 1 aromatic heterocycles. The van der Waals surface area contributed by atoms with Gasteiger partial charge < -0.3 is 9.15 Å². The van der Waals surface area contributed by atoms with Gasteiger partial charge in [-0.1, -0.05) is 13.0 Å². The number of benzene rings is 1. The number of nitrogens with zero attached hydrogens (tertiary/aromatic N) is 1. The number of hydrogen-bond acceptors (Lipinski definition) is 3. The number of oxazole rings is 1. The molecule has 0 N–H and O–H groups in total. The van der Waals surface area contributed by atoms with Gasteiger partial charge in [-0.15, -0.1) is 0 Å². The maximum absolute atomic E-state index is 11.4. The SMILES string of the molecule is Cn1c(=O)oc2cc(C3(C)COC3)ccc21. The second-order valence-electron chi connectivity index (χ2n) is 4.66. The fourth-order valence-corrected chi connectivity index (χ4v) is 2.08. The van der Waals surface area contributed by atoms with Gasteiger partial charge in [-0.25, -0.2) is 4.79 Å². The zero-order valence-electron chi connectivity index (χ0n) is 9.32. The van der Waals surface area contributed by atoms with E-state index in [0.717, 1.165) is 18.7 Å². The summed E-state index contributed by atoms with van der Waals surface area (Å²) in [4.78, 5) is 11.4. The van der Waals surface area contributed by atoms with E-state index in [-0.39, 0.29) is 11.2 Å². The van der Waals surface area contributed by atoms with Gasteiger partial charge in [0.15, 0.2) is 5.58 Å². The topological polar surface area (TPSA) is 44.4 Å². The van der Waals surface area contributed by atoms with E-state index in [0.29, 0.717) is 5.58 Å². The highest BCUT2D eigenvalue weighted by Gasteiger charge is 2.35. The summed E-state index contributed by atoms with van der Waals surface area (Å²) in [5.74, 6) is -0.317. The molecule has 1 fully saturated rings. The van der Waals surface area contributed by atoms with Crippen LogP contribution in [0.2, 0.25) is 0 Å². The van der Waals surface area contributed by atoms with Crippen molar-refractivity contribution in [2.24, 2.45) is 7.05 Å². The lowest BCUT2D eigenvalue weighted by atomic mass is 9.81. The van der Waals surface area contributed by atoms with Gasteiger partial charge in [0.25, 0.3) is 0 Å². The second kappa shape index (κ2) is 2.98. The van der Waals surface area contributed by atoms with Crippen LogP contribution in [0.4, 0.5) is 0 Å². The van der Waals surface area contributed by atoms with Crippen LogP contribution in [0.1, 0.15) is 12.5 Å². The van der Waals surface area contributed by atoms with Gasteiger partial charge in [-0.2, -0.15) is 0 Å². The van der Waals surface area contributed by atoms with Crippen LogP contribution in [0.5, 0.6) is 0 Å². The highest BCUT2D eigenvalue weighted by atomic mass is 16.5. The Bertz CT molecular complexity index is 604. The summed E-state index contributed by atoms with van der Waals surface area (Å²) >= 11 is 0. The Balaban J connectivity index is 2.20. The van der Waals surface area contributed by atoms with Crippen molar-refractivity contribution in [1.29, 1.82) is 0 Å². The molecule has 0 spiro atoms. The van der Waals surface area contributed by atoms with E-state index in [1.807, 2.05) is 18.2 Å². The molecule has 4 nitrogen and oxygen atoms in total. The van der Waals surface area contributed by atoms with Crippen LogP contribution in [0, 0.1) is 0 Å². The first kappa shape index (κ1) is 9.66. The number of aryl methyl sites for hydroxylation is 1. The fraction of sp³-hybridized carbons (Fsp3) is 0.417. The van der Waals surface area contributed by atoms with Crippen molar-refractivity contribution in [3.05, 3.63) is 34.3 Å². The smallest absolute Gasteiger partial charge is 0.408 e. The minimum absolute atomic E-state index is 0.0720. The Labute approximate surface area is 92.4 Å². The average Bonchev–Trinajstić information content (AvgIpc) is 2.51. The number of rotatable bonds is 1. The van der Waals surface area contributed by atoms with Gasteiger partial charge in [-0.05, 0) is 17.7 Å². The summed E-state index contributed by atoms with van der Waals surface area (Å²) in [6.45, 7) is 3.61. The normalized spacial score (nSPS) is 18.6. The molecule has 3 rings (SSSR count). The number of hydrogen-bond donors (Lipinski definition) is 0. The number of fused-ring (bicyclic) bond motifs is 1. The Morgan fingerprint density at radius 1 is 1.38 bits per heavy atom. The summed E-state index contributed by atoms with van der Waals surface area (Å²) < 4.78 is 11.9. The van der Waals surface area contributed by atoms with Crippen LogP contribution in [0.3, 0.4) is 0 Å². The van der Waals surface area contributed by atoms with Crippen LogP contribution in [0.15, 0.2) is 27.4 Å². The summed E-state index contributed by atoms with van der Waals surface area (Å²) in [5, 5.41) is 0. The van der Waals surface area contributed by atoms with Crippen molar-refractivity contribution in [1.82, 2.24) is 4.57 Å². The Hall–Kier alpha value is -1.55. The molecule has 1 saturated heterocycles. The van der Waals surface area contributed by atoms with E-state index in [1.54, 1.807) is 7.05 Å². The summed E-state index contributed by atoms with van der Waals surface area (Å²) in [7, 11) is 1.71. The third kappa shape index (κ3) is 1.16. The van der Waals surface area contributed by atoms with E-state index >= 15 is 0 Å². The van der Waals surface area contributed by atoms with E-state index in [4.69, 9.17) is 9.15 Å². The number of aromatic nitrogens is 1. The minimum atomic E-state index is -0.317. The molecule has 0 saturated carbocycles. The van der Waals surface area contributed by atoms with Crippen LogP contribution in [-0.2, 0) is 17.2 Å². The van der Waals surface area contributed by atoms with Crippen molar-refractivity contribution in [3.8, 4) is 0 Å². The molecular formula is C12H13NO3. The molecule has 0 atom stereocenters. The van der Waals surface area contributed by atoms with Gasteiger partial charge in [0.05, 0.1) is 18.7 Å². The molecule has 0 radical (unpaired) electrons. The Morgan fingerprint density at radius 2 is 2.12 bits per heavy atom. The van der Waals surface area contributed by atoms with Crippen LogP contribution >= 0.6 is 0 Å². The fourth-order valence-electron chi connectivity index (χ4n) is 2.08. The third-order valence-corrected chi connectivity index (χ3v) is 3.33. The molecule has 0 bridgehead atoms. The second-order valence-corrected chi connectivity index (χ2v) is 4.66. The zero-order valence-corrected chi connectivity index (χ0v) is 9.32. The van der Waals surface area contributed by atoms with E-state index in [2.05, 4.69) is 6.92 Å². The Kier molecular flexibility index (Phi) is 1.80. The van der Waals surface area contributed by atoms with Crippen LogP contribution < -0.4 is 5.76 Å². The summed E-state index contributed by atoms with van der Waals surface area (Å²) in [5.41, 5.74) is 2.72. The first-order valence-electron chi connectivity index (χ1n) is 5.28. The van der Waals surface area contributed by atoms with Gasteiger partial charge in [0.2, 0.25) is 0 Å². The third-order valence-electron chi connectivity index (χ3n) is 3.33. The van der Waals surface area contributed by atoms with Crippen molar-refractivity contribution in [3.63, 3.8) is 0 Å². The lowest BCUT2D eigenvalue weighted by molar-refractivity contribution is -0.0499. The monoisotopic (exact) mass is 219 g/mol. The van der Waals surface area contributed by atoms with Gasteiger partial charge >= 0.3 is 5.76 Å². The first-order valence-corrected chi connectivity index (χ1v) is 5.28. The molecule has 4 heteroatoms. The minimum Gasteiger partial charge on any atom is -0.408 e. The van der Waals surface area contributed by atoms with Crippen LogP contribution in [-0.4, -0.2) is 17.8 Å². The lowest BCUT2D eigenvalue weighted by Crippen LogP contribution is -2.43. The van der Waals surface area contributed by atoms with Crippen molar-refractivity contribution in [2.45, 2.75) is 12.3 Å². The maximum Gasteiger partial charge on any atom is 0.419 e. The van der Waals surface area contributed by atoms with Crippen molar-refractivity contribution in [2.75, 3.05) is 13.2 Å². The molecule has 16 heavy (non-hydrogen) atoms. The van der Waals surface area contributed by atoms with Crippen molar-refractivity contribution >= 4 is 11.1 Å². The predicted molar refractivity (Wildman–Crippen MR) is 59.6 cm³/mol. The predicted octanol–water partition coefficient (Wildman–Crippen LogP) is 1.42. The largest absolute Gasteiger partial charge is 0.419 e. The molecule has 2 heterocycles. The molecule has 0 amide bonds. The molecule has 1 aromatic carbocycles. The quantitative estimate of drug-likeness (QED) is 0.728. The van der Waals surface area contributed by atoms with Crippen molar-refractivity contribution < 1.29 is 9.15 Å². The van der Waals surface area contributed by atoms with Crippen LogP contribution in [0.25, 0.3) is 11.1 Å². The van der Waals surface area contributed by atoms with Gasteiger partial charge in [0, 0.05) is 12.5 Å². The molecule has 1 aliphatic rings. The summed E-state index contributed by atoms with van der Waals surface area (Å²) in [6.07, 6.45) is 0. The summed E-state index contributed by atoms with van der Waals surface area (Å²) in [6, 6.07) is 5.91. The molecule has 1 aliphatic heterocycles. The first-order chi connectivity index (χ1) is 7.60. The highest BCUT2D eigenvalue weighted by molar-refractivity contribution is 5.74. The van der Waals surface area contributed by atoms with E-state index in [9.17, 15) is 4.79 Å². The number of ether oxygens (including phenoxy) is 1. The van der Waals surface area contributed by atoms with E-state index in [1.165, 1.54) is 10.1 Å². The maximum atomic E-state index is 11.4.